The predicted octanol–water partition coefficient (Wildman–Crippen LogP) is 10.1. The van der Waals surface area contributed by atoms with Crippen molar-refractivity contribution in [1.82, 2.24) is 16.0 Å². The molecule has 0 aromatic heterocycles. The zero-order chi connectivity index (χ0) is 38.7. The molecule has 0 aliphatic carbocycles. The molecule has 9 nitrogen and oxygen atoms in total. The summed E-state index contributed by atoms with van der Waals surface area (Å²) in [6, 6.07) is 33.7. The second-order valence-electron chi connectivity index (χ2n) is 13.8. The van der Waals surface area contributed by atoms with Gasteiger partial charge in [0.1, 0.15) is 18.2 Å². The molecule has 0 saturated carbocycles. The molecule has 0 bridgehead atoms. The number of hydrogen-bond acceptors (Lipinski definition) is 6. The number of benzene rings is 5. The fourth-order valence-electron chi connectivity index (χ4n) is 5.61. The Labute approximate surface area is 320 Å². The summed E-state index contributed by atoms with van der Waals surface area (Å²) in [6.45, 7) is 7.43. The molecular formula is C43H44ClFN4O5. The number of halogens is 2. The lowest BCUT2D eigenvalue weighted by Gasteiger charge is -2.22. The monoisotopic (exact) mass is 750 g/mol. The third-order valence-corrected chi connectivity index (χ3v) is 8.51. The number of anilines is 1. The van der Waals surface area contributed by atoms with Gasteiger partial charge in [-0.15, -0.1) is 0 Å². The van der Waals surface area contributed by atoms with Crippen LogP contribution in [-0.4, -0.2) is 36.0 Å². The van der Waals surface area contributed by atoms with Gasteiger partial charge in [-0.05, 0) is 81.1 Å². The second kappa shape index (κ2) is 18.3. The number of nitrogens with one attached hydrogen (secondary N) is 4. The molecule has 2 unspecified atom stereocenters. The van der Waals surface area contributed by atoms with E-state index in [1.807, 2.05) is 69.3 Å². The topological polar surface area (TPSA) is 118 Å². The van der Waals surface area contributed by atoms with Crippen LogP contribution < -0.4 is 26.0 Å². The average molecular weight is 751 g/mol. The summed E-state index contributed by atoms with van der Waals surface area (Å²) in [5.74, 6) is 0.195. The molecule has 5 aromatic carbocycles. The Kier molecular flexibility index (Phi) is 13.3. The largest absolute Gasteiger partial charge is 0.455 e. The quantitative estimate of drug-likeness (QED) is 0.0840. The molecule has 0 aliphatic rings. The van der Waals surface area contributed by atoms with Gasteiger partial charge in [-0.3, -0.25) is 4.79 Å². The molecule has 11 heteroatoms. The van der Waals surface area contributed by atoms with E-state index in [2.05, 4.69) is 21.3 Å². The van der Waals surface area contributed by atoms with Crippen LogP contribution in [0.15, 0.2) is 121 Å². The van der Waals surface area contributed by atoms with Crippen LogP contribution in [0.4, 0.5) is 19.7 Å². The van der Waals surface area contributed by atoms with Crippen molar-refractivity contribution in [2.75, 3.05) is 11.9 Å². The minimum absolute atomic E-state index is 0.0268. The first-order valence-corrected chi connectivity index (χ1v) is 18.0. The van der Waals surface area contributed by atoms with Gasteiger partial charge in [0, 0.05) is 34.3 Å². The number of Topliss-reactive ketones (excluding diaryl/α,β-unsaturated/α-hetero) is 1. The zero-order valence-electron chi connectivity index (χ0n) is 30.6. The Hall–Kier alpha value is -5.87. The van der Waals surface area contributed by atoms with Crippen LogP contribution in [-0.2, 0) is 11.3 Å². The normalized spacial score (nSPS) is 12.2. The fraction of sp³-hybridized carbons (Fsp3) is 0.233. The Morgan fingerprint density at radius 2 is 1.52 bits per heavy atom. The van der Waals surface area contributed by atoms with Gasteiger partial charge in [-0.1, -0.05) is 96.5 Å². The van der Waals surface area contributed by atoms with E-state index in [1.54, 1.807) is 73.7 Å². The van der Waals surface area contributed by atoms with Crippen molar-refractivity contribution in [2.24, 2.45) is 0 Å². The van der Waals surface area contributed by atoms with Crippen molar-refractivity contribution in [3.63, 3.8) is 0 Å². The lowest BCUT2D eigenvalue weighted by Crippen LogP contribution is -2.40. The highest BCUT2D eigenvalue weighted by atomic mass is 35.5. The number of carbonyl (C=O) groups excluding carboxylic acids is 3. The summed E-state index contributed by atoms with van der Waals surface area (Å²) < 4.78 is 26.0. The molecule has 5 rings (SSSR count). The highest BCUT2D eigenvalue weighted by molar-refractivity contribution is 6.30. The van der Waals surface area contributed by atoms with Gasteiger partial charge in [-0.25, -0.2) is 14.0 Å². The van der Waals surface area contributed by atoms with Gasteiger partial charge in [0.2, 0.25) is 0 Å². The average Bonchev–Trinajstić information content (AvgIpc) is 3.14. The molecule has 3 amide bonds. The SMILES string of the molecule is CC(NC(=O)NCCC(Nc1ccc(Cl)cc1Oc1cccc(COC(=O)NC(C)(C)C)c1)C(=O)c1ccc(-c2ccccc2)cc1)c1ccccc1F. The molecule has 0 aliphatic heterocycles. The Bertz CT molecular complexity index is 2050. The third kappa shape index (κ3) is 11.6. The summed E-state index contributed by atoms with van der Waals surface area (Å²) in [5, 5.41) is 12.1. The number of ketones is 1. The highest BCUT2D eigenvalue weighted by Crippen LogP contribution is 2.34. The number of amides is 3. The van der Waals surface area contributed by atoms with Crippen LogP contribution in [0, 0.1) is 5.82 Å². The van der Waals surface area contributed by atoms with Crippen molar-refractivity contribution in [3.8, 4) is 22.6 Å². The zero-order valence-corrected chi connectivity index (χ0v) is 31.4. The van der Waals surface area contributed by atoms with Gasteiger partial charge in [0.05, 0.1) is 17.8 Å². The maximum Gasteiger partial charge on any atom is 0.407 e. The molecule has 280 valence electrons. The van der Waals surface area contributed by atoms with Gasteiger partial charge >= 0.3 is 12.1 Å². The first-order valence-electron chi connectivity index (χ1n) is 17.6. The number of ether oxygens (including phenoxy) is 2. The molecule has 0 fully saturated rings. The van der Waals surface area contributed by atoms with Crippen LogP contribution in [0.25, 0.3) is 11.1 Å². The van der Waals surface area contributed by atoms with Crippen LogP contribution in [0.2, 0.25) is 5.02 Å². The van der Waals surface area contributed by atoms with E-state index in [4.69, 9.17) is 21.1 Å². The minimum Gasteiger partial charge on any atom is -0.455 e. The number of alkyl carbamates (subject to hydrolysis) is 1. The lowest BCUT2D eigenvalue weighted by molar-refractivity contribution is 0.0965. The van der Waals surface area contributed by atoms with E-state index >= 15 is 0 Å². The molecule has 54 heavy (non-hydrogen) atoms. The van der Waals surface area contributed by atoms with Crippen molar-refractivity contribution < 1.29 is 28.2 Å². The molecule has 0 saturated heterocycles. The van der Waals surface area contributed by atoms with E-state index in [-0.39, 0.29) is 25.4 Å². The molecule has 5 aromatic rings. The third-order valence-electron chi connectivity index (χ3n) is 8.28. The first-order chi connectivity index (χ1) is 25.8. The maximum atomic E-state index is 14.3. The lowest BCUT2D eigenvalue weighted by atomic mass is 9.98. The standard InChI is InChI=1S/C43H44ClFN4O5/c1-28(35-15-8-9-16-36(35)45)47-41(51)46-24-23-38(40(50)32-19-17-31(18-20-32)30-12-6-5-7-13-30)48-37-22-21-33(44)26-39(37)54-34-14-10-11-29(25-34)27-53-42(52)49-43(2,3)4/h5-22,25-26,28,38,48H,23-24,27H2,1-4H3,(H,49,52)(H2,46,47,51). The fourth-order valence-corrected chi connectivity index (χ4v) is 5.78. The number of rotatable bonds is 14. The Balaban J connectivity index is 1.33. The van der Waals surface area contributed by atoms with Gasteiger partial charge < -0.3 is 30.7 Å². The van der Waals surface area contributed by atoms with Gasteiger partial charge in [0.25, 0.3) is 0 Å². The van der Waals surface area contributed by atoms with Gasteiger partial charge in [0.15, 0.2) is 11.5 Å². The van der Waals surface area contributed by atoms with Crippen molar-refractivity contribution in [2.45, 2.75) is 58.3 Å². The first kappa shape index (κ1) is 39.3. The molecular weight excluding hydrogens is 707 g/mol. The molecule has 0 heterocycles. The Morgan fingerprint density at radius 3 is 2.24 bits per heavy atom. The van der Waals surface area contributed by atoms with Crippen molar-refractivity contribution >= 4 is 35.2 Å². The van der Waals surface area contributed by atoms with E-state index < -0.39 is 35.6 Å². The van der Waals surface area contributed by atoms with Crippen LogP contribution in [0.3, 0.4) is 0 Å². The predicted molar refractivity (Wildman–Crippen MR) is 211 cm³/mol. The molecule has 4 N–H and O–H groups in total. The number of hydrogen-bond donors (Lipinski definition) is 4. The summed E-state index contributed by atoms with van der Waals surface area (Å²) >= 11 is 6.41. The van der Waals surface area contributed by atoms with Crippen LogP contribution in [0.1, 0.15) is 61.6 Å². The molecule has 0 radical (unpaired) electrons. The van der Waals surface area contributed by atoms with E-state index in [0.29, 0.717) is 38.9 Å². The Morgan fingerprint density at radius 1 is 0.815 bits per heavy atom. The maximum absolute atomic E-state index is 14.3. The summed E-state index contributed by atoms with van der Waals surface area (Å²) in [5.41, 5.74) is 3.58. The number of urea groups is 1. The summed E-state index contributed by atoms with van der Waals surface area (Å²) in [4.78, 5) is 39.2. The molecule has 0 spiro atoms. The van der Waals surface area contributed by atoms with E-state index in [9.17, 15) is 18.8 Å². The van der Waals surface area contributed by atoms with Crippen LogP contribution >= 0.6 is 11.6 Å². The van der Waals surface area contributed by atoms with Crippen molar-refractivity contribution in [1.29, 1.82) is 0 Å². The van der Waals surface area contributed by atoms with Gasteiger partial charge in [-0.2, -0.15) is 0 Å². The second-order valence-corrected chi connectivity index (χ2v) is 14.2. The summed E-state index contributed by atoms with van der Waals surface area (Å²) in [7, 11) is 0. The van der Waals surface area contributed by atoms with Crippen LogP contribution in [0.5, 0.6) is 11.5 Å². The number of carbonyl (C=O) groups is 3. The summed E-state index contributed by atoms with van der Waals surface area (Å²) in [6.07, 6.45) is -0.334. The molecule has 2 atom stereocenters. The van der Waals surface area contributed by atoms with Crippen molar-refractivity contribution in [3.05, 3.63) is 149 Å². The highest BCUT2D eigenvalue weighted by Gasteiger charge is 2.23. The van der Waals surface area contributed by atoms with E-state index in [1.165, 1.54) is 6.07 Å². The van der Waals surface area contributed by atoms with E-state index in [0.717, 1.165) is 11.1 Å². The smallest absolute Gasteiger partial charge is 0.407 e. The minimum atomic E-state index is -0.804.